The van der Waals surface area contributed by atoms with Crippen molar-refractivity contribution in [2.24, 2.45) is 11.8 Å². The first-order valence-corrected chi connectivity index (χ1v) is 21.1. The Bertz CT molecular complexity index is 1560. The van der Waals surface area contributed by atoms with Crippen molar-refractivity contribution in [1.82, 2.24) is 4.72 Å². The molecule has 6 rings (SSSR count). The van der Waals surface area contributed by atoms with Crippen LogP contribution in [-0.4, -0.2) is 61.5 Å². The van der Waals surface area contributed by atoms with Gasteiger partial charge in [-0.1, -0.05) is 36.7 Å². The van der Waals surface area contributed by atoms with E-state index in [1.165, 1.54) is 12.0 Å². The van der Waals surface area contributed by atoms with Crippen LogP contribution in [0.5, 0.6) is 5.75 Å². The quantitative estimate of drug-likeness (QED) is 0.321. The van der Waals surface area contributed by atoms with Gasteiger partial charge in [0.1, 0.15) is 18.0 Å². The molecule has 2 fully saturated rings. The summed E-state index contributed by atoms with van der Waals surface area (Å²) in [5, 5.41) is 0.0473. The predicted octanol–water partition coefficient (Wildman–Crippen LogP) is 7.86. The number of halogens is 1. The Kier molecular flexibility index (Phi) is 11.4. The fraction of sp³-hybridized carbons (Fsp3) is 0.583. The number of hydrogen-bond acceptors (Lipinski definition) is 8. The van der Waals surface area contributed by atoms with E-state index in [9.17, 15) is 13.2 Å². The topological polar surface area (TPSA) is 84.9 Å². The van der Waals surface area contributed by atoms with E-state index >= 15 is 0 Å². The van der Waals surface area contributed by atoms with Crippen LogP contribution in [-0.2, 0) is 27.8 Å². The fourth-order valence-electron chi connectivity index (χ4n) is 7.58. The summed E-state index contributed by atoms with van der Waals surface area (Å²) in [6, 6.07) is 11.3. The molecule has 2 bridgehead atoms. The van der Waals surface area contributed by atoms with Gasteiger partial charge in [0.2, 0.25) is 10.0 Å². The molecule has 0 aromatic heterocycles. The normalized spacial score (nSPS) is 29.6. The number of sulfonamides is 1. The van der Waals surface area contributed by atoms with Crippen LogP contribution in [0, 0.1) is 11.8 Å². The first-order chi connectivity index (χ1) is 22.7. The standard InChI is InChI=1S/C36H47ClN2O5S3/c1-3-30-10-4-6-17-36(43-2,35-45-19-8-20-46-35)31-15-12-27(31)23-39-18-7-5-9-25-21-29(37)14-11-28(25)24-44-33-16-13-26(22-32(33)39)34(40)38-47(30,41)42/h6,11,13-14,16-17,21-22,27,30-31,35H,3-5,7-10,12,15,18-20,23-24H2,1-2H3,(H,38,40)/b17-6+/t27-,30+,31+,36+/m0/s1. The molecule has 7 nitrogen and oxygen atoms in total. The molecule has 4 aliphatic rings. The van der Waals surface area contributed by atoms with E-state index in [-0.39, 0.29) is 4.58 Å². The highest BCUT2D eigenvalue weighted by molar-refractivity contribution is 8.17. The van der Waals surface area contributed by atoms with Gasteiger partial charge in [0.15, 0.2) is 0 Å². The summed E-state index contributed by atoms with van der Waals surface area (Å²) in [7, 11) is -2.03. The minimum atomic E-state index is -3.89. The van der Waals surface area contributed by atoms with E-state index in [0.29, 0.717) is 49.0 Å². The van der Waals surface area contributed by atoms with Crippen LogP contribution >= 0.6 is 35.1 Å². The zero-order valence-corrected chi connectivity index (χ0v) is 30.6. The predicted molar refractivity (Wildman–Crippen MR) is 195 cm³/mol. The van der Waals surface area contributed by atoms with Crippen molar-refractivity contribution in [1.29, 1.82) is 0 Å². The molecule has 1 aliphatic carbocycles. The molecule has 4 atom stereocenters. The van der Waals surface area contributed by atoms with Gasteiger partial charge in [0.05, 0.1) is 15.5 Å². The van der Waals surface area contributed by atoms with Crippen molar-refractivity contribution >= 4 is 56.7 Å². The number of aryl methyl sites for hydroxylation is 1. The summed E-state index contributed by atoms with van der Waals surface area (Å²) in [4.78, 5) is 15.9. The molecule has 2 aromatic carbocycles. The van der Waals surface area contributed by atoms with Gasteiger partial charge in [-0.05, 0) is 123 Å². The maximum Gasteiger partial charge on any atom is 0.264 e. The van der Waals surface area contributed by atoms with Crippen molar-refractivity contribution in [2.45, 2.75) is 86.8 Å². The highest BCUT2D eigenvalue weighted by Crippen LogP contribution is 2.53. The third kappa shape index (κ3) is 7.67. The van der Waals surface area contributed by atoms with Crippen molar-refractivity contribution in [3.05, 3.63) is 70.3 Å². The number of carbonyl (C=O) groups is 1. The van der Waals surface area contributed by atoms with Gasteiger partial charge in [-0.2, -0.15) is 0 Å². The zero-order chi connectivity index (χ0) is 33.0. The molecule has 3 aliphatic heterocycles. The number of ether oxygens (including phenoxy) is 2. The van der Waals surface area contributed by atoms with E-state index < -0.39 is 26.8 Å². The van der Waals surface area contributed by atoms with Gasteiger partial charge in [0.25, 0.3) is 5.91 Å². The summed E-state index contributed by atoms with van der Waals surface area (Å²) < 4.78 is 42.8. The number of methoxy groups -OCH3 is 1. The number of hydrogen-bond donors (Lipinski definition) is 1. The van der Waals surface area contributed by atoms with E-state index in [4.69, 9.17) is 21.1 Å². The third-order valence-corrected chi connectivity index (χ3v) is 15.8. The van der Waals surface area contributed by atoms with Crippen molar-refractivity contribution in [3.63, 3.8) is 0 Å². The molecule has 1 amide bonds. The smallest absolute Gasteiger partial charge is 0.264 e. The minimum absolute atomic E-state index is 0.282. The van der Waals surface area contributed by atoms with E-state index in [2.05, 4.69) is 21.8 Å². The molecule has 1 N–H and O–H groups in total. The SMILES string of the molecule is CC[C@@H]1CC/C=C/[C@](OC)(C2SCCCS2)[C@@H]2CC[C@H]2CN2CCCCc3cc(Cl)ccc3COc3ccc(cc32)C(=O)NS1(=O)=O. The first-order valence-electron chi connectivity index (χ1n) is 17.0. The molecule has 47 heavy (non-hydrogen) atoms. The average Bonchev–Trinajstić information content (AvgIpc) is 3.08. The third-order valence-electron chi connectivity index (χ3n) is 10.4. The summed E-state index contributed by atoms with van der Waals surface area (Å²) in [6.07, 6.45) is 12.1. The number of thioether (sulfide) groups is 2. The number of rotatable bonds is 3. The number of benzene rings is 2. The Morgan fingerprint density at radius 3 is 2.64 bits per heavy atom. The van der Waals surface area contributed by atoms with Crippen LogP contribution < -0.4 is 14.4 Å². The second-order valence-corrected chi connectivity index (χ2v) is 18.3. The van der Waals surface area contributed by atoms with Gasteiger partial charge in [0, 0.05) is 30.8 Å². The van der Waals surface area contributed by atoms with Crippen molar-refractivity contribution < 1.29 is 22.7 Å². The van der Waals surface area contributed by atoms with Gasteiger partial charge in [-0.3, -0.25) is 4.79 Å². The summed E-state index contributed by atoms with van der Waals surface area (Å²) >= 11 is 10.4. The summed E-state index contributed by atoms with van der Waals surface area (Å²) in [5.41, 5.74) is 3.00. The maximum absolute atomic E-state index is 13.5. The molecular formula is C36H47ClN2O5S3. The van der Waals surface area contributed by atoms with E-state index in [1.54, 1.807) is 6.07 Å². The zero-order valence-electron chi connectivity index (χ0n) is 27.4. The molecule has 1 saturated carbocycles. The van der Waals surface area contributed by atoms with Crippen LogP contribution in [0.1, 0.15) is 79.8 Å². The average molecular weight is 719 g/mol. The number of carbonyl (C=O) groups excluding carboxylic acids is 1. The number of fused-ring (bicyclic) bond motifs is 3. The Morgan fingerprint density at radius 1 is 1.06 bits per heavy atom. The second kappa shape index (κ2) is 15.4. The number of nitrogens with one attached hydrogen (secondary N) is 1. The monoisotopic (exact) mass is 718 g/mol. The maximum atomic E-state index is 13.5. The number of anilines is 1. The molecular weight excluding hydrogens is 672 g/mol. The van der Waals surface area contributed by atoms with Crippen LogP contribution in [0.3, 0.4) is 0 Å². The largest absolute Gasteiger partial charge is 0.487 e. The molecule has 11 heteroatoms. The van der Waals surface area contributed by atoms with Gasteiger partial charge in [-0.25, -0.2) is 13.1 Å². The minimum Gasteiger partial charge on any atom is -0.487 e. The molecule has 1 saturated heterocycles. The lowest BCUT2D eigenvalue weighted by Crippen LogP contribution is -2.55. The lowest BCUT2D eigenvalue weighted by Gasteiger charge is -2.53. The summed E-state index contributed by atoms with van der Waals surface area (Å²) in [6.45, 7) is 3.84. The van der Waals surface area contributed by atoms with E-state index in [1.807, 2.05) is 67.9 Å². The Hall–Kier alpha value is -1.85. The first kappa shape index (κ1) is 35.0. The van der Waals surface area contributed by atoms with Gasteiger partial charge < -0.3 is 14.4 Å². The molecule has 2 aromatic rings. The highest BCUT2D eigenvalue weighted by Gasteiger charge is 2.52. The Morgan fingerprint density at radius 2 is 1.89 bits per heavy atom. The molecule has 0 radical (unpaired) electrons. The number of allylic oxidation sites excluding steroid dienone is 1. The van der Waals surface area contributed by atoms with Crippen LogP contribution in [0.4, 0.5) is 5.69 Å². The van der Waals surface area contributed by atoms with Crippen LogP contribution in [0.25, 0.3) is 0 Å². The lowest BCUT2D eigenvalue weighted by molar-refractivity contribution is -0.0637. The summed E-state index contributed by atoms with van der Waals surface area (Å²) in [5.74, 6) is 3.05. The fourth-order valence-corrected chi connectivity index (χ4v) is 12.6. The Balaban J connectivity index is 1.42. The number of amides is 1. The van der Waals surface area contributed by atoms with Gasteiger partial charge in [-0.15, -0.1) is 23.5 Å². The molecule has 256 valence electrons. The second-order valence-electron chi connectivity index (χ2n) is 13.2. The molecule has 0 spiro atoms. The van der Waals surface area contributed by atoms with Gasteiger partial charge >= 0.3 is 0 Å². The highest BCUT2D eigenvalue weighted by atomic mass is 35.5. The Labute approximate surface area is 294 Å². The van der Waals surface area contributed by atoms with Crippen LogP contribution in [0.15, 0.2) is 48.6 Å². The molecule has 0 unspecified atom stereocenters. The lowest BCUT2D eigenvalue weighted by atomic mass is 9.64. The van der Waals surface area contributed by atoms with Crippen molar-refractivity contribution in [2.75, 3.05) is 36.6 Å². The number of nitrogens with zero attached hydrogens (tertiary/aromatic N) is 1. The molecule has 3 heterocycles. The van der Waals surface area contributed by atoms with Crippen molar-refractivity contribution in [3.8, 4) is 5.75 Å². The van der Waals surface area contributed by atoms with Crippen LogP contribution in [0.2, 0.25) is 5.02 Å². The van der Waals surface area contributed by atoms with E-state index in [0.717, 1.165) is 73.0 Å².